The molecular weight excluding hydrogens is 567 g/mol. The van der Waals surface area contributed by atoms with E-state index in [-0.39, 0.29) is 12.0 Å². The maximum absolute atomic E-state index is 14.0. The third-order valence-corrected chi connectivity index (χ3v) is 5.20. The van der Waals surface area contributed by atoms with Crippen molar-refractivity contribution in [3.05, 3.63) is 39.4 Å². The molecule has 2 rings (SSSR count). The first-order valence-electron chi connectivity index (χ1n) is 9.11. The lowest BCUT2D eigenvalue weighted by Crippen LogP contribution is -2.73. The van der Waals surface area contributed by atoms with Gasteiger partial charge in [0.05, 0.1) is 10.5 Å². The number of carbonyl (C=O) groups excluding carboxylic acids is 1. The summed E-state index contributed by atoms with van der Waals surface area (Å²) in [5.74, 6) is -52.8. The molecule has 1 aliphatic rings. The van der Waals surface area contributed by atoms with E-state index in [4.69, 9.17) is 0 Å². The molecule has 1 aromatic rings. The van der Waals surface area contributed by atoms with E-state index in [9.17, 15) is 80.8 Å². The van der Waals surface area contributed by atoms with Crippen molar-refractivity contribution < 1.29 is 80.3 Å². The van der Waals surface area contributed by atoms with E-state index in [1.165, 1.54) is 0 Å². The Bertz CT molecular complexity index is 1080. The highest BCUT2D eigenvalue weighted by Crippen LogP contribution is 2.62. The third kappa shape index (κ3) is 4.11. The Balaban J connectivity index is 2.49. The summed E-state index contributed by atoms with van der Waals surface area (Å²) in [7, 11) is 0. The molecular formula is C17H8F15NO4. The minimum Gasteiger partial charge on any atom is -0.453 e. The Labute approximate surface area is 193 Å². The topological polar surface area (TPSA) is 69.4 Å². The molecule has 0 aromatic heterocycles. The van der Waals surface area contributed by atoms with E-state index >= 15 is 0 Å². The third-order valence-electron chi connectivity index (χ3n) is 5.20. The first-order valence-corrected chi connectivity index (χ1v) is 9.11. The van der Waals surface area contributed by atoms with E-state index in [0.29, 0.717) is 6.07 Å². The lowest BCUT2D eigenvalue weighted by molar-refractivity contribution is -0.450. The number of nitro benzene ring substituents is 1. The summed E-state index contributed by atoms with van der Waals surface area (Å²) in [6.45, 7) is 0. The average molecular weight is 575 g/mol. The van der Waals surface area contributed by atoms with Crippen LogP contribution in [0.1, 0.15) is 23.7 Å². The summed E-state index contributed by atoms with van der Waals surface area (Å²) in [6, 6.07) is 2.85. The second-order valence-electron chi connectivity index (χ2n) is 7.48. The largest absolute Gasteiger partial charge is 0.460 e. The van der Waals surface area contributed by atoms with Gasteiger partial charge < -0.3 is 4.74 Å². The fraction of sp³-hybridized carbons (Fsp3) is 0.588. The van der Waals surface area contributed by atoms with Gasteiger partial charge >= 0.3 is 47.7 Å². The van der Waals surface area contributed by atoms with Crippen LogP contribution in [0.2, 0.25) is 0 Å². The normalized spacial score (nSPS) is 18.0. The van der Waals surface area contributed by atoms with Crippen LogP contribution >= 0.6 is 0 Å². The van der Waals surface area contributed by atoms with Crippen LogP contribution in [0.15, 0.2) is 18.2 Å². The lowest BCUT2D eigenvalue weighted by Gasteiger charge is -2.41. The molecule has 0 amide bonds. The highest BCUT2D eigenvalue weighted by molar-refractivity contribution is 5.80. The molecule has 0 N–H and O–H groups in total. The molecule has 5 nitrogen and oxygen atoms in total. The van der Waals surface area contributed by atoms with Gasteiger partial charge in [0, 0.05) is 6.07 Å². The van der Waals surface area contributed by atoms with Crippen LogP contribution in [0.3, 0.4) is 0 Å². The second-order valence-corrected chi connectivity index (χ2v) is 7.48. The Morgan fingerprint density at radius 2 is 1.24 bits per heavy atom. The van der Waals surface area contributed by atoms with Gasteiger partial charge in [-0.3, -0.25) is 10.1 Å². The smallest absolute Gasteiger partial charge is 0.453 e. The zero-order chi connectivity index (χ0) is 29.2. The predicted octanol–water partition coefficient (Wildman–Crippen LogP) is 6.50. The maximum atomic E-state index is 14.0. The zero-order valence-corrected chi connectivity index (χ0v) is 17.0. The summed E-state index contributed by atoms with van der Waals surface area (Å²) < 4.78 is 202. The average Bonchev–Trinajstić information content (AvgIpc) is 3.14. The lowest BCUT2D eigenvalue weighted by atomic mass is 9.91. The number of fused-ring (bicyclic) bond motifs is 1. The summed E-state index contributed by atoms with van der Waals surface area (Å²) in [5, 5.41) is 11.0. The maximum Gasteiger partial charge on any atom is 0.460 e. The monoisotopic (exact) mass is 575 g/mol. The van der Waals surface area contributed by atoms with Crippen molar-refractivity contribution >= 4 is 11.7 Å². The SMILES string of the molecule is O=C(OC1CCc2cccc([N+](=O)[O-])c21)C(F)(F)C(F)(F)C(F)(F)C(F)(F)C(F)(F)C(F)(F)C(F)(F)F. The van der Waals surface area contributed by atoms with Crippen molar-refractivity contribution in [2.24, 2.45) is 0 Å². The van der Waals surface area contributed by atoms with Crippen LogP contribution in [0.25, 0.3) is 0 Å². The van der Waals surface area contributed by atoms with Gasteiger partial charge in [0.2, 0.25) is 0 Å². The molecule has 0 aliphatic heterocycles. The molecule has 1 aromatic carbocycles. The number of carbonyl (C=O) groups is 1. The van der Waals surface area contributed by atoms with E-state index < -0.39 is 76.4 Å². The van der Waals surface area contributed by atoms with E-state index in [0.717, 1.165) is 12.1 Å². The Kier molecular flexibility index (Phi) is 6.98. The minimum atomic E-state index is -8.55. The van der Waals surface area contributed by atoms with E-state index in [1.807, 2.05) is 0 Å². The molecule has 0 bridgehead atoms. The van der Waals surface area contributed by atoms with Crippen LogP contribution in [0, 0.1) is 10.1 Å². The standard InChI is InChI=1S/C17H8F15NO4/c18-11(19,10(34)37-8-5-4-6-2-1-3-7(9(6)8)33(35)36)12(20,21)13(22,23)14(24,25)15(26,27)16(28,29)17(30,31)32/h1-3,8H,4-5H2. The van der Waals surface area contributed by atoms with Gasteiger partial charge in [-0.05, 0) is 18.4 Å². The number of alkyl halides is 15. The number of hydrogen-bond donors (Lipinski definition) is 0. The van der Waals surface area contributed by atoms with E-state index in [1.54, 1.807) is 0 Å². The van der Waals surface area contributed by atoms with Gasteiger partial charge in [0.15, 0.2) is 0 Å². The van der Waals surface area contributed by atoms with E-state index in [2.05, 4.69) is 4.74 Å². The van der Waals surface area contributed by atoms with Crippen molar-refractivity contribution in [1.29, 1.82) is 0 Å². The summed E-state index contributed by atoms with van der Waals surface area (Å²) in [4.78, 5) is 21.5. The Morgan fingerprint density at radius 1 is 0.784 bits per heavy atom. The Morgan fingerprint density at radius 3 is 1.70 bits per heavy atom. The number of aryl methyl sites for hydroxylation is 1. The number of esters is 1. The number of hydrogen-bond acceptors (Lipinski definition) is 4. The van der Waals surface area contributed by atoms with Crippen LogP contribution in [0.5, 0.6) is 0 Å². The van der Waals surface area contributed by atoms with Gasteiger partial charge in [-0.1, -0.05) is 12.1 Å². The minimum absolute atomic E-state index is 0.0898. The predicted molar refractivity (Wildman–Crippen MR) is 86.0 cm³/mol. The van der Waals surface area contributed by atoms with Crippen molar-refractivity contribution in [1.82, 2.24) is 0 Å². The number of nitro groups is 1. The van der Waals surface area contributed by atoms with Gasteiger partial charge in [-0.15, -0.1) is 0 Å². The number of ether oxygens (including phenoxy) is 1. The van der Waals surface area contributed by atoms with Gasteiger partial charge in [-0.2, -0.15) is 65.9 Å². The fourth-order valence-electron chi connectivity index (χ4n) is 3.20. The van der Waals surface area contributed by atoms with Crippen LogP contribution in [-0.4, -0.2) is 52.6 Å². The van der Waals surface area contributed by atoms with Crippen LogP contribution < -0.4 is 0 Å². The fourth-order valence-corrected chi connectivity index (χ4v) is 3.20. The molecule has 37 heavy (non-hydrogen) atoms. The van der Waals surface area contributed by atoms with Crippen LogP contribution in [0.4, 0.5) is 71.5 Å². The highest BCUT2D eigenvalue weighted by atomic mass is 19.4. The van der Waals surface area contributed by atoms with Crippen molar-refractivity contribution in [2.45, 2.75) is 60.7 Å². The summed E-state index contributed by atoms with van der Waals surface area (Å²) >= 11 is 0. The highest BCUT2D eigenvalue weighted by Gasteiger charge is 2.94. The van der Waals surface area contributed by atoms with Gasteiger partial charge in [0.1, 0.15) is 6.10 Å². The number of halogens is 15. The van der Waals surface area contributed by atoms with Gasteiger partial charge in [0.25, 0.3) is 5.69 Å². The quantitative estimate of drug-likeness (QED) is 0.154. The van der Waals surface area contributed by atoms with Crippen molar-refractivity contribution in [2.75, 3.05) is 0 Å². The molecule has 1 atom stereocenters. The molecule has 20 heteroatoms. The van der Waals surface area contributed by atoms with Crippen molar-refractivity contribution in [3.63, 3.8) is 0 Å². The molecule has 0 heterocycles. The molecule has 1 aliphatic carbocycles. The molecule has 0 spiro atoms. The molecule has 0 radical (unpaired) electrons. The van der Waals surface area contributed by atoms with Crippen molar-refractivity contribution in [3.8, 4) is 0 Å². The number of rotatable bonds is 8. The van der Waals surface area contributed by atoms with Crippen LogP contribution in [-0.2, 0) is 16.0 Å². The van der Waals surface area contributed by atoms with Gasteiger partial charge in [-0.25, -0.2) is 4.79 Å². The molecule has 0 fully saturated rings. The summed E-state index contributed by atoms with van der Waals surface area (Å²) in [5.41, 5.74) is -1.74. The second kappa shape index (κ2) is 8.53. The summed E-state index contributed by atoms with van der Waals surface area (Å²) in [6.07, 6.45) is -11.0. The number of nitrogens with zero attached hydrogens (tertiary/aromatic N) is 1. The number of benzene rings is 1. The molecule has 1 unspecified atom stereocenters. The molecule has 0 saturated heterocycles. The zero-order valence-electron chi connectivity index (χ0n) is 17.0. The molecule has 0 saturated carbocycles. The first kappa shape index (κ1) is 30.3. The first-order chi connectivity index (χ1) is 16.3. The molecule has 210 valence electrons. The Hall–Kier alpha value is -2.96.